The molecule has 0 aliphatic rings. The molecule has 2 aromatic rings. The first-order chi connectivity index (χ1) is 10.6. The Kier molecular flexibility index (Phi) is 6.02. The third-order valence-electron chi connectivity index (χ3n) is 4.26. The molecule has 0 aliphatic carbocycles. The first-order valence-electron chi connectivity index (χ1n) is 8.08. The van der Waals surface area contributed by atoms with Crippen molar-refractivity contribution in [3.05, 3.63) is 64.7 Å². The van der Waals surface area contributed by atoms with Gasteiger partial charge in [-0.3, -0.25) is 0 Å². The van der Waals surface area contributed by atoms with Gasteiger partial charge in [0.2, 0.25) is 0 Å². The zero-order valence-electron chi connectivity index (χ0n) is 13.9. The number of hydrogen-bond acceptors (Lipinski definition) is 2. The molecule has 0 radical (unpaired) electrons. The zero-order chi connectivity index (χ0) is 15.9. The van der Waals surface area contributed by atoms with Crippen LogP contribution in [0.5, 0.6) is 5.75 Å². The normalized spacial score (nSPS) is 12.2. The summed E-state index contributed by atoms with van der Waals surface area (Å²) in [6.45, 7) is 7.78. The summed E-state index contributed by atoms with van der Waals surface area (Å²) >= 11 is 0. The van der Waals surface area contributed by atoms with Crippen LogP contribution in [0.1, 0.15) is 41.0 Å². The molecule has 0 saturated carbocycles. The van der Waals surface area contributed by atoms with Crippen molar-refractivity contribution in [1.82, 2.24) is 0 Å². The molecule has 0 fully saturated rings. The Morgan fingerprint density at radius 1 is 0.909 bits per heavy atom. The molecule has 2 aromatic carbocycles. The van der Waals surface area contributed by atoms with Crippen molar-refractivity contribution in [1.29, 1.82) is 0 Å². The molecule has 0 aromatic heterocycles. The molecule has 2 nitrogen and oxygen atoms in total. The predicted octanol–water partition coefficient (Wildman–Crippen LogP) is 4.51. The van der Waals surface area contributed by atoms with Crippen LogP contribution in [0, 0.1) is 20.8 Å². The van der Waals surface area contributed by atoms with Gasteiger partial charge in [-0.15, -0.1) is 0 Å². The Balaban J connectivity index is 1.89. The number of nitrogens with two attached hydrogens (primary N) is 1. The van der Waals surface area contributed by atoms with Gasteiger partial charge >= 0.3 is 0 Å². The van der Waals surface area contributed by atoms with Crippen LogP contribution in [0.4, 0.5) is 0 Å². The quantitative estimate of drug-likeness (QED) is 0.763. The Hall–Kier alpha value is -1.80. The Morgan fingerprint density at radius 2 is 1.55 bits per heavy atom. The highest BCUT2D eigenvalue weighted by Gasteiger charge is 2.12. The van der Waals surface area contributed by atoms with Gasteiger partial charge in [0.05, 0.1) is 6.61 Å². The number of para-hydroxylation sites is 1. The topological polar surface area (TPSA) is 35.2 Å². The van der Waals surface area contributed by atoms with Crippen molar-refractivity contribution >= 4 is 0 Å². The summed E-state index contributed by atoms with van der Waals surface area (Å²) in [5, 5.41) is 0. The third kappa shape index (κ3) is 4.11. The number of benzene rings is 2. The molecule has 0 bridgehead atoms. The maximum absolute atomic E-state index is 5.99. The minimum absolute atomic E-state index is 0.419. The number of ether oxygens (including phenoxy) is 1. The van der Waals surface area contributed by atoms with Gasteiger partial charge in [0.15, 0.2) is 0 Å². The average molecular weight is 297 g/mol. The van der Waals surface area contributed by atoms with Gasteiger partial charge < -0.3 is 10.5 Å². The van der Waals surface area contributed by atoms with Crippen LogP contribution in [-0.2, 0) is 0 Å². The molecule has 2 rings (SSSR count). The Labute approximate surface area is 134 Å². The summed E-state index contributed by atoms with van der Waals surface area (Å²) in [6, 6.07) is 14.8. The highest BCUT2D eigenvalue weighted by Crippen LogP contribution is 2.25. The maximum atomic E-state index is 5.99. The van der Waals surface area contributed by atoms with Crippen molar-refractivity contribution < 1.29 is 4.74 Å². The second-order valence-electron chi connectivity index (χ2n) is 6.00. The first kappa shape index (κ1) is 16.6. The van der Waals surface area contributed by atoms with E-state index in [0.29, 0.717) is 12.5 Å². The van der Waals surface area contributed by atoms with Crippen LogP contribution in [0.2, 0.25) is 0 Å². The maximum Gasteiger partial charge on any atom is 0.125 e. The predicted molar refractivity (Wildman–Crippen MR) is 93.6 cm³/mol. The van der Waals surface area contributed by atoms with Gasteiger partial charge in [-0.05, 0) is 68.3 Å². The van der Waals surface area contributed by atoms with Gasteiger partial charge in [-0.25, -0.2) is 0 Å². The van der Waals surface area contributed by atoms with Crippen LogP contribution >= 0.6 is 0 Å². The fourth-order valence-electron chi connectivity index (χ4n) is 2.98. The van der Waals surface area contributed by atoms with E-state index < -0.39 is 0 Å². The summed E-state index contributed by atoms with van der Waals surface area (Å²) < 4.78 is 5.99. The monoisotopic (exact) mass is 297 g/mol. The molecule has 0 aliphatic heterocycles. The SMILES string of the molecule is Cc1ccccc1C(CN)CCCOc1c(C)cccc1C. The highest BCUT2D eigenvalue weighted by molar-refractivity contribution is 5.39. The molecule has 2 N–H and O–H groups in total. The lowest BCUT2D eigenvalue weighted by Gasteiger charge is -2.18. The fraction of sp³-hybridized carbons (Fsp3) is 0.400. The van der Waals surface area contributed by atoms with E-state index in [9.17, 15) is 0 Å². The molecular weight excluding hydrogens is 270 g/mol. The van der Waals surface area contributed by atoms with Crippen molar-refractivity contribution in [2.45, 2.75) is 39.5 Å². The molecule has 22 heavy (non-hydrogen) atoms. The van der Waals surface area contributed by atoms with E-state index >= 15 is 0 Å². The minimum Gasteiger partial charge on any atom is -0.493 e. The van der Waals surface area contributed by atoms with Crippen molar-refractivity contribution in [2.24, 2.45) is 5.73 Å². The van der Waals surface area contributed by atoms with Crippen molar-refractivity contribution in [3.8, 4) is 5.75 Å². The van der Waals surface area contributed by atoms with E-state index in [1.165, 1.54) is 22.3 Å². The summed E-state index contributed by atoms with van der Waals surface area (Å²) in [5.74, 6) is 1.45. The molecular formula is C20H27NO. The number of aryl methyl sites for hydroxylation is 3. The summed E-state index contributed by atoms with van der Waals surface area (Å²) in [5.41, 5.74) is 11.1. The van der Waals surface area contributed by atoms with Gasteiger partial charge in [-0.2, -0.15) is 0 Å². The lowest BCUT2D eigenvalue weighted by atomic mass is 9.91. The number of rotatable bonds is 7. The van der Waals surface area contributed by atoms with Crippen LogP contribution in [0.3, 0.4) is 0 Å². The van der Waals surface area contributed by atoms with E-state index in [1.807, 2.05) is 0 Å². The summed E-state index contributed by atoms with van der Waals surface area (Å²) in [6.07, 6.45) is 2.08. The lowest BCUT2D eigenvalue weighted by Crippen LogP contribution is -2.15. The van der Waals surface area contributed by atoms with E-state index in [-0.39, 0.29) is 0 Å². The number of hydrogen-bond donors (Lipinski definition) is 1. The Bertz CT molecular complexity index is 586. The first-order valence-corrected chi connectivity index (χ1v) is 8.08. The van der Waals surface area contributed by atoms with Gasteiger partial charge in [0.25, 0.3) is 0 Å². The van der Waals surface area contributed by atoms with E-state index in [0.717, 1.165) is 25.2 Å². The summed E-state index contributed by atoms with van der Waals surface area (Å²) in [7, 11) is 0. The third-order valence-corrected chi connectivity index (χ3v) is 4.26. The molecule has 1 unspecified atom stereocenters. The van der Waals surface area contributed by atoms with Crippen LogP contribution in [0.25, 0.3) is 0 Å². The smallest absolute Gasteiger partial charge is 0.125 e. The highest BCUT2D eigenvalue weighted by atomic mass is 16.5. The second kappa shape index (κ2) is 8.00. The van der Waals surface area contributed by atoms with Crippen LogP contribution in [-0.4, -0.2) is 13.2 Å². The lowest BCUT2D eigenvalue weighted by molar-refractivity contribution is 0.298. The largest absolute Gasteiger partial charge is 0.493 e. The van der Waals surface area contributed by atoms with Crippen LogP contribution in [0.15, 0.2) is 42.5 Å². The average Bonchev–Trinajstić information content (AvgIpc) is 2.51. The van der Waals surface area contributed by atoms with Gasteiger partial charge in [0.1, 0.15) is 5.75 Å². The van der Waals surface area contributed by atoms with Gasteiger partial charge in [-0.1, -0.05) is 42.5 Å². The van der Waals surface area contributed by atoms with Gasteiger partial charge in [0, 0.05) is 0 Å². The molecule has 1 atom stereocenters. The van der Waals surface area contributed by atoms with Crippen LogP contribution < -0.4 is 10.5 Å². The molecule has 2 heteroatoms. The van der Waals surface area contributed by atoms with E-state index in [2.05, 4.69) is 63.2 Å². The summed E-state index contributed by atoms with van der Waals surface area (Å²) in [4.78, 5) is 0. The molecule has 0 spiro atoms. The van der Waals surface area contributed by atoms with E-state index in [1.54, 1.807) is 0 Å². The molecule has 118 valence electrons. The minimum atomic E-state index is 0.419. The molecule has 0 saturated heterocycles. The standard InChI is InChI=1S/C20H27NO/c1-15-8-4-5-12-19(15)18(14-21)11-7-13-22-20-16(2)9-6-10-17(20)3/h4-6,8-10,12,18H,7,11,13-14,21H2,1-3H3. The molecule has 0 heterocycles. The van der Waals surface area contributed by atoms with Crippen molar-refractivity contribution in [3.63, 3.8) is 0 Å². The van der Waals surface area contributed by atoms with E-state index in [4.69, 9.17) is 10.5 Å². The zero-order valence-corrected chi connectivity index (χ0v) is 13.9. The fourth-order valence-corrected chi connectivity index (χ4v) is 2.98. The second-order valence-corrected chi connectivity index (χ2v) is 6.00. The van der Waals surface area contributed by atoms with Crippen molar-refractivity contribution in [2.75, 3.05) is 13.2 Å². The molecule has 0 amide bonds. The Morgan fingerprint density at radius 3 is 2.18 bits per heavy atom.